The summed E-state index contributed by atoms with van der Waals surface area (Å²) in [6.45, 7) is 6.08. The zero-order chi connectivity index (χ0) is 16.2. The second-order valence-corrected chi connectivity index (χ2v) is 6.22. The summed E-state index contributed by atoms with van der Waals surface area (Å²) in [4.78, 5) is 22.5. The number of aromatic nitrogens is 2. The van der Waals surface area contributed by atoms with Gasteiger partial charge in [0, 0.05) is 6.54 Å². The maximum absolute atomic E-state index is 12.3. The van der Waals surface area contributed by atoms with E-state index in [9.17, 15) is 14.9 Å². The van der Waals surface area contributed by atoms with E-state index in [0.29, 0.717) is 12.5 Å². The Kier molecular flexibility index (Phi) is 5.12. The van der Waals surface area contributed by atoms with Crippen molar-refractivity contribution in [2.24, 2.45) is 5.92 Å². The van der Waals surface area contributed by atoms with Crippen LogP contribution in [0.25, 0.3) is 0 Å². The highest BCUT2D eigenvalue weighted by Gasteiger charge is 2.31. The molecule has 2 rings (SSSR count). The summed E-state index contributed by atoms with van der Waals surface area (Å²) in [7, 11) is 0. The van der Waals surface area contributed by atoms with Gasteiger partial charge in [0.25, 0.3) is 0 Å². The lowest BCUT2D eigenvalue weighted by molar-refractivity contribution is -0.385. The van der Waals surface area contributed by atoms with Crippen LogP contribution in [0.2, 0.25) is 0 Å². The molecule has 8 heteroatoms. The van der Waals surface area contributed by atoms with Crippen LogP contribution in [0.5, 0.6) is 0 Å². The largest absolute Gasteiger partial charge is 0.354 e. The van der Waals surface area contributed by atoms with Gasteiger partial charge in [0.15, 0.2) is 0 Å². The molecule has 8 nitrogen and oxygen atoms in total. The molecule has 0 aromatic carbocycles. The highest BCUT2D eigenvalue weighted by atomic mass is 16.6. The van der Waals surface area contributed by atoms with E-state index in [1.165, 1.54) is 23.7 Å². The van der Waals surface area contributed by atoms with Crippen molar-refractivity contribution in [3.05, 3.63) is 22.5 Å². The zero-order valence-electron chi connectivity index (χ0n) is 13.0. The SMILES string of the molecule is CC(C)(C(=O)NCCC1CCCNC1)n1cc([N+](=O)[O-])cn1. The maximum atomic E-state index is 12.3. The lowest BCUT2D eigenvalue weighted by atomic mass is 9.96. The molecule has 1 aliphatic rings. The summed E-state index contributed by atoms with van der Waals surface area (Å²) >= 11 is 0. The monoisotopic (exact) mass is 309 g/mol. The lowest BCUT2D eigenvalue weighted by Crippen LogP contribution is -2.45. The first kappa shape index (κ1) is 16.4. The molecule has 1 aromatic heterocycles. The Balaban J connectivity index is 1.87. The van der Waals surface area contributed by atoms with Gasteiger partial charge < -0.3 is 10.6 Å². The van der Waals surface area contributed by atoms with Crippen molar-refractivity contribution in [1.29, 1.82) is 0 Å². The molecule has 1 amide bonds. The Bertz CT molecular complexity index is 534. The number of hydrogen-bond donors (Lipinski definition) is 2. The minimum Gasteiger partial charge on any atom is -0.354 e. The molecule has 0 aliphatic carbocycles. The molecule has 1 aliphatic heterocycles. The van der Waals surface area contributed by atoms with Gasteiger partial charge in [-0.15, -0.1) is 0 Å². The van der Waals surface area contributed by atoms with Gasteiger partial charge in [-0.1, -0.05) is 0 Å². The number of nitro groups is 1. The van der Waals surface area contributed by atoms with Gasteiger partial charge in [-0.3, -0.25) is 19.6 Å². The summed E-state index contributed by atoms with van der Waals surface area (Å²) in [6, 6.07) is 0. The number of carbonyl (C=O) groups excluding carboxylic acids is 1. The molecular weight excluding hydrogens is 286 g/mol. The summed E-state index contributed by atoms with van der Waals surface area (Å²) in [5.41, 5.74) is -1.08. The van der Waals surface area contributed by atoms with Gasteiger partial charge >= 0.3 is 5.69 Å². The maximum Gasteiger partial charge on any atom is 0.307 e. The van der Waals surface area contributed by atoms with Crippen LogP contribution in [0.3, 0.4) is 0 Å². The average molecular weight is 309 g/mol. The summed E-state index contributed by atoms with van der Waals surface area (Å²) < 4.78 is 1.34. The minimum absolute atomic E-state index is 0.117. The second-order valence-electron chi connectivity index (χ2n) is 6.22. The van der Waals surface area contributed by atoms with Gasteiger partial charge in [0.1, 0.15) is 17.9 Å². The fraction of sp³-hybridized carbons (Fsp3) is 0.714. The third-order valence-electron chi connectivity index (χ3n) is 4.15. The Hall–Kier alpha value is -1.96. The lowest BCUT2D eigenvalue weighted by Gasteiger charge is -2.26. The fourth-order valence-corrected chi connectivity index (χ4v) is 2.59. The average Bonchev–Trinajstić information content (AvgIpc) is 2.99. The van der Waals surface area contributed by atoms with Crippen LogP contribution in [0.15, 0.2) is 12.4 Å². The third kappa shape index (κ3) is 3.82. The van der Waals surface area contributed by atoms with Gasteiger partial charge in [0.2, 0.25) is 5.91 Å². The number of carbonyl (C=O) groups is 1. The minimum atomic E-state index is -0.959. The molecule has 0 spiro atoms. The van der Waals surface area contributed by atoms with E-state index in [4.69, 9.17) is 0 Å². The number of nitrogens with one attached hydrogen (secondary N) is 2. The van der Waals surface area contributed by atoms with E-state index >= 15 is 0 Å². The number of rotatable bonds is 6. The van der Waals surface area contributed by atoms with Crippen molar-refractivity contribution < 1.29 is 9.72 Å². The molecule has 2 heterocycles. The molecule has 0 bridgehead atoms. The molecule has 1 aromatic rings. The summed E-state index contributed by atoms with van der Waals surface area (Å²) in [6.07, 6.45) is 5.75. The van der Waals surface area contributed by atoms with Crippen molar-refractivity contribution in [3.8, 4) is 0 Å². The van der Waals surface area contributed by atoms with Gasteiger partial charge in [-0.05, 0) is 52.1 Å². The van der Waals surface area contributed by atoms with Crippen LogP contribution < -0.4 is 10.6 Å². The van der Waals surface area contributed by atoms with Crippen molar-refractivity contribution in [2.45, 2.75) is 38.6 Å². The predicted octanol–water partition coefficient (Wildman–Crippen LogP) is 1.03. The van der Waals surface area contributed by atoms with E-state index < -0.39 is 10.5 Å². The molecule has 1 fully saturated rings. The predicted molar refractivity (Wildman–Crippen MR) is 81.4 cm³/mol. The van der Waals surface area contributed by atoms with E-state index in [-0.39, 0.29) is 11.6 Å². The molecule has 1 atom stereocenters. The number of hydrogen-bond acceptors (Lipinski definition) is 5. The summed E-state index contributed by atoms with van der Waals surface area (Å²) in [5.74, 6) is 0.414. The van der Waals surface area contributed by atoms with Crippen LogP contribution in [0, 0.1) is 16.0 Å². The Morgan fingerprint density at radius 3 is 3.00 bits per heavy atom. The Labute approximate surface area is 129 Å². The van der Waals surface area contributed by atoms with Crippen LogP contribution in [-0.2, 0) is 10.3 Å². The molecule has 1 saturated heterocycles. The normalized spacial score (nSPS) is 18.9. The summed E-state index contributed by atoms with van der Waals surface area (Å²) in [5, 5.41) is 20.9. The first-order chi connectivity index (χ1) is 10.4. The number of piperidine rings is 1. The zero-order valence-corrected chi connectivity index (χ0v) is 13.0. The quantitative estimate of drug-likeness (QED) is 0.603. The van der Waals surface area contributed by atoms with Crippen molar-refractivity contribution in [1.82, 2.24) is 20.4 Å². The Morgan fingerprint density at radius 1 is 1.64 bits per heavy atom. The van der Waals surface area contributed by atoms with E-state index in [1.807, 2.05) is 0 Å². The van der Waals surface area contributed by atoms with Gasteiger partial charge in [-0.25, -0.2) is 0 Å². The molecule has 22 heavy (non-hydrogen) atoms. The Morgan fingerprint density at radius 2 is 2.41 bits per heavy atom. The van der Waals surface area contributed by atoms with E-state index in [2.05, 4.69) is 15.7 Å². The van der Waals surface area contributed by atoms with Crippen LogP contribution in [-0.4, -0.2) is 40.2 Å². The first-order valence-corrected chi connectivity index (χ1v) is 7.60. The topological polar surface area (TPSA) is 102 Å². The van der Waals surface area contributed by atoms with Gasteiger partial charge in [0.05, 0.1) is 4.92 Å². The van der Waals surface area contributed by atoms with Crippen molar-refractivity contribution in [3.63, 3.8) is 0 Å². The third-order valence-corrected chi connectivity index (χ3v) is 4.15. The van der Waals surface area contributed by atoms with Crippen LogP contribution in [0.1, 0.15) is 33.1 Å². The number of amides is 1. The van der Waals surface area contributed by atoms with Crippen LogP contribution >= 0.6 is 0 Å². The second kappa shape index (κ2) is 6.87. The molecule has 1 unspecified atom stereocenters. The van der Waals surface area contributed by atoms with Gasteiger partial charge in [-0.2, -0.15) is 5.10 Å². The van der Waals surface area contributed by atoms with Crippen LogP contribution in [0.4, 0.5) is 5.69 Å². The molecule has 122 valence electrons. The smallest absolute Gasteiger partial charge is 0.307 e. The molecular formula is C14H23N5O3. The number of nitrogens with zero attached hydrogens (tertiary/aromatic N) is 3. The fourth-order valence-electron chi connectivity index (χ4n) is 2.59. The highest BCUT2D eigenvalue weighted by molar-refractivity contribution is 5.83. The molecule has 0 saturated carbocycles. The first-order valence-electron chi connectivity index (χ1n) is 7.60. The standard InChI is InChI=1S/C14H23N5O3/c1-14(2,18-10-12(9-17-18)19(21)22)13(20)16-7-5-11-4-3-6-15-8-11/h9-11,15H,3-8H2,1-2H3,(H,16,20). The van der Waals surface area contributed by atoms with E-state index in [0.717, 1.165) is 25.7 Å². The van der Waals surface area contributed by atoms with E-state index in [1.54, 1.807) is 13.8 Å². The molecule has 2 N–H and O–H groups in total. The van der Waals surface area contributed by atoms with Crippen molar-refractivity contribution >= 4 is 11.6 Å². The van der Waals surface area contributed by atoms with Crippen molar-refractivity contribution in [2.75, 3.05) is 19.6 Å². The molecule has 0 radical (unpaired) electrons. The highest BCUT2D eigenvalue weighted by Crippen LogP contribution is 2.19.